The lowest BCUT2D eigenvalue weighted by Gasteiger charge is -2.22. The molecule has 0 bridgehead atoms. The van der Waals surface area contributed by atoms with Gasteiger partial charge in [-0.3, -0.25) is 0 Å². The molecule has 1 aliphatic rings. The van der Waals surface area contributed by atoms with Crippen LogP contribution in [0.15, 0.2) is 29.3 Å². The first kappa shape index (κ1) is 18.8. The normalized spacial score (nSPS) is 14.2. The maximum Gasteiger partial charge on any atom is 0.357 e. The molecule has 0 spiro atoms. The van der Waals surface area contributed by atoms with Gasteiger partial charge in [-0.25, -0.2) is 13.2 Å². The third kappa shape index (κ3) is 3.36. The van der Waals surface area contributed by atoms with Crippen molar-refractivity contribution in [2.24, 2.45) is 0 Å². The number of ether oxygens (including phenoxy) is 1. The minimum atomic E-state index is -3.43. The molecule has 27 heavy (non-hydrogen) atoms. The minimum absolute atomic E-state index is 0.0271. The topological polar surface area (TPSA) is 118 Å². The largest absolute Gasteiger partial charge is 0.464 e. The van der Waals surface area contributed by atoms with E-state index in [9.17, 15) is 18.5 Å². The van der Waals surface area contributed by atoms with E-state index >= 15 is 0 Å². The number of nitrogens with zero attached hydrogens (tertiary/aromatic N) is 3. The van der Waals surface area contributed by atoms with E-state index in [-0.39, 0.29) is 21.8 Å². The number of sulfone groups is 1. The SMILES string of the molecule is COC(=O)c1c(N)c(C#N)cn1-c1ccc(S(C)(=O)=O)c(N2CCCC2)c1. The van der Waals surface area contributed by atoms with Crippen molar-refractivity contribution in [1.82, 2.24) is 4.57 Å². The van der Waals surface area contributed by atoms with Crippen LogP contribution in [0.25, 0.3) is 5.69 Å². The number of rotatable bonds is 4. The number of esters is 1. The molecule has 2 aromatic rings. The summed E-state index contributed by atoms with van der Waals surface area (Å²) in [7, 11) is -2.20. The van der Waals surface area contributed by atoms with Crippen LogP contribution in [0, 0.1) is 11.3 Å². The number of aromatic nitrogens is 1. The van der Waals surface area contributed by atoms with E-state index in [0.29, 0.717) is 11.4 Å². The smallest absolute Gasteiger partial charge is 0.357 e. The lowest BCUT2D eigenvalue weighted by Crippen LogP contribution is -2.21. The molecule has 2 N–H and O–H groups in total. The van der Waals surface area contributed by atoms with Crippen molar-refractivity contribution >= 4 is 27.2 Å². The predicted octanol–water partition coefficient (Wildman–Crippen LogP) is 1.72. The van der Waals surface area contributed by atoms with Crippen LogP contribution in [0.3, 0.4) is 0 Å². The summed E-state index contributed by atoms with van der Waals surface area (Å²) in [5.41, 5.74) is 7.25. The zero-order valence-corrected chi connectivity index (χ0v) is 15.9. The van der Waals surface area contributed by atoms with Crippen molar-refractivity contribution in [2.75, 3.05) is 37.1 Å². The van der Waals surface area contributed by atoms with E-state index < -0.39 is 15.8 Å². The number of hydrogen-bond donors (Lipinski definition) is 1. The Bertz CT molecular complexity index is 1040. The molecule has 9 heteroatoms. The molecule has 0 amide bonds. The zero-order chi connectivity index (χ0) is 19.8. The number of benzene rings is 1. The molecular weight excluding hydrogens is 368 g/mol. The highest BCUT2D eigenvalue weighted by atomic mass is 32.2. The van der Waals surface area contributed by atoms with Crippen LogP contribution in [-0.2, 0) is 14.6 Å². The fourth-order valence-corrected chi connectivity index (χ4v) is 4.18. The van der Waals surface area contributed by atoms with E-state index in [4.69, 9.17) is 10.5 Å². The number of nitrogens with two attached hydrogens (primary N) is 1. The number of carbonyl (C=O) groups excluding carboxylic acids is 1. The molecule has 1 aromatic heterocycles. The first-order valence-electron chi connectivity index (χ1n) is 8.36. The second-order valence-electron chi connectivity index (χ2n) is 6.40. The Kier molecular flexibility index (Phi) is 4.85. The molecule has 2 heterocycles. The average molecular weight is 388 g/mol. The summed E-state index contributed by atoms with van der Waals surface area (Å²) >= 11 is 0. The Morgan fingerprint density at radius 3 is 2.52 bits per heavy atom. The third-order valence-electron chi connectivity index (χ3n) is 4.61. The van der Waals surface area contributed by atoms with Gasteiger partial charge in [0, 0.05) is 31.2 Å². The molecule has 1 aromatic carbocycles. The molecular formula is C18H20N4O4S. The number of nitriles is 1. The van der Waals surface area contributed by atoms with Gasteiger partial charge in [-0.1, -0.05) is 0 Å². The maximum absolute atomic E-state index is 12.2. The Hall–Kier alpha value is -2.99. The summed E-state index contributed by atoms with van der Waals surface area (Å²) in [6, 6.07) is 6.76. The predicted molar refractivity (Wildman–Crippen MR) is 101 cm³/mol. The summed E-state index contributed by atoms with van der Waals surface area (Å²) in [5.74, 6) is -0.677. The molecule has 3 rings (SSSR count). The van der Waals surface area contributed by atoms with Crippen molar-refractivity contribution in [2.45, 2.75) is 17.7 Å². The van der Waals surface area contributed by atoms with Crippen LogP contribution in [-0.4, -0.2) is 45.4 Å². The van der Waals surface area contributed by atoms with Gasteiger partial charge in [0.15, 0.2) is 15.5 Å². The summed E-state index contributed by atoms with van der Waals surface area (Å²) in [6.07, 6.45) is 4.58. The molecule has 0 saturated carbocycles. The van der Waals surface area contributed by atoms with Gasteiger partial charge in [0.25, 0.3) is 0 Å². The number of anilines is 2. The lowest BCUT2D eigenvalue weighted by molar-refractivity contribution is 0.0593. The van der Waals surface area contributed by atoms with Crippen LogP contribution in [0.2, 0.25) is 0 Å². The van der Waals surface area contributed by atoms with Gasteiger partial charge in [0.05, 0.1) is 28.9 Å². The second kappa shape index (κ2) is 6.96. The molecule has 1 fully saturated rings. The summed E-state index contributed by atoms with van der Waals surface area (Å²) in [6.45, 7) is 1.51. The van der Waals surface area contributed by atoms with E-state index in [1.165, 1.54) is 30.2 Å². The lowest BCUT2D eigenvalue weighted by atomic mass is 10.2. The van der Waals surface area contributed by atoms with E-state index in [1.807, 2.05) is 11.0 Å². The highest BCUT2D eigenvalue weighted by molar-refractivity contribution is 7.90. The van der Waals surface area contributed by atoms with Gasteiger partial charge in [-0.15, -0.1) is 0 Å². The van der Waals surface area contributed by atoms with E-state index in [1.54, 1.807) is 12.1 Å². The standard InChI is InChI=1S/C18H20N4O4S/c1-26-18(23)17-16(20)12(10-19)11-22(17)13-5-6-15(27(2,24)25)14(9-13)21-7-3-4-8-21/h5-6,9,11H,3-4,7-8,20H2,1-2H3. The quantitative estimate of drug-likeness (QED) is 0.792. The minimum Gasteiger partial charge on any atom is -0.464 e. The number of hydrogen-bond acceptors (Lipinski definition) is 7. The number of nitrogen functional groups attached to an aromatic ring is 1. The van der Waals surface area contributed by atoms with Crippen LogP contribution in [0.5, 0.6) is 0 Å². The van der Waals surface area contributed by atoms with Crippen LogP contribution >= 0.6 is 0 Å². The molecule has 0 aliphatic carbocycles. The Morgan fingerprint density at radius 1 is 1.30 bits per heavy atom. The van der Waals surface area contributed by atoms with Crippen LogP contribution in [0.4, 0.5) is 11.4 Å². The number of carbonyl (C=O) groups is 1. The van der Waals surface area contributed by atoms with Gasteiger partial charge in [-0.05, 0) is 31.0 Å². The van der Waals surface area contributed by atoms with Crippen molar-refractivity contribution < 1.29 is 17.9 Å². The zero-order valence-electron chi connectivity index (χ0n) is 15.1. The molecule has 0 radical (unpaired) electrons. The highest BCUT2D eigenvalue weighted by Crippen LogP contribution is 2.32. The van der Waals surface area contributed by atoms with E-state index in [2.05, 4.69) is 0 Å². The van der Waals surface area contributed by atoms with Crippen molar-refractivity contribution in [1.29, 1.82) is 5.26 Å². The van der Waals surface area contributed by atoms with Gasteiger partial charge in [0.2, 0.25) is 0 Å². The molecule has 0 atom stereocenters. The Morgan fingerprint density at radius 2 is 1.96 bits per heavy atom. The Labute approximate surface area is 157 Å². The van der Waals surface area contributed by atoms with E-state index in [0.717, 1.165) is 25.9 Å². The summed E-state index contributed by atoms with van der Waals surface area (Å²) < 4.78 is 30.7. The van der Waals surface area contributed by atoms with Crippen LogP contribution in [0.1, 0.15) is 28.9 Å². The molecule has 1 saturated heterocycles. The van der Waals surface area contributed by atoms with Gasteiger partial charge >= 0.3 is 5.97 Å². The number of methoxy groups -OCH3 is 1. The second-order valence-corrected chi connectivity index (χ2v) is 8.38. The summed E-state index contributed by atoms with van der Waals surface area (Å²) in [5, 5.41) is 9.25. The Balaban J connectivity index is 2.23. The van der Waals surface area contributed by atoms with Crippen LogP contribution < -0.4 is 10.6 Å². The maximum atomic E-state index is 12.2. The molecule has 0 unspecified atom stereocenters. The molecule has 8 nitrogen and oxygen atoms in total. The van der Waals surface area contributed by atoms with Gasteiger partial charge in [-0.2, -0.15) is 5.26 Å². The average Bonchev–Trinajstić information content (AvgIpc) is 3.27. The first-order chi connectivity index (χ1) is 12.8. The van der Waals surface area contributed by atoms with Crippen molar-refractivity contribution in [3.05, 3.63) is 35.7 Å². The highest BCUT2D eigenvalue weighted by Gasteiger charge is 2.25. The fourth-order valence-electron chi connectivity index (χ4n) is 3.29. The third-order valence-corrected chi connectivity index (χ3v) is 5.75. The monoisotopic (exact) mass is 388 g/mol. The van der Waals surface area contributed by atoms with Crippen molar-refractivity contribution in [3.63, 3.8) is 0 Å². The fraction of sp³-hybridized carbons (Fsp3) is 0.333. The first-order valence-corrected chi connectivity index (χ1v) is 10.3. The summed E-state index contributed by atoms with van der Waals surface area (Å²) in [4.78, 5) is 14.4. The van der Waals surface area contributed by atoms with Gasteiger partial charge < -0.3 is 19.9 Å². The molecule has 142 valence electrons. The molecule has 1 aliphatic heterocycles. The van der Waals surface area contributed by atoms with Crippen molar-refractivity contribution in [3.8, 4) is 11.8 Å². The van der Waals surface area contributed by atoms with Gasteiger partial charge in [0.1, 0.15) is 6.07 Å².